The van der Waals surface area contributed by atoms with Gasteiger partial charge in [0.25, 0.3) is 10.0 Å². The predicted molar refractivity (Wildman–Crippen MR) is 86.3 cm³/mol. The Kier molecular flexibility index (Phi) is 3.87. The van der Waals surface area contributed by atoms with E-state index in [1.807, 2.05) is 6.07 Å². The number of anilines is 1. The largest absolute Gasteiger partial charge is 0.345 e. The van der Waals surface area contributed by atoms with Crippen LogP contribution in [0.5, 0.6) is 0 Å². The number of H-pyrrole nitrogens is 1. The van der Waals surface area contributed by atoms with Gasteiger partial charge >= 0.3 is 0 Å². The summed E-state index contributed by atoms with van der Waals surface area (Å²) in [6, 6.07) is 13.3. The van der Waals surface area contributed by atoms with E-state index in [0.29, 0.717) is 11.5 Å². The van der Waals surface area contributed by atoms with Crippen molar-refractivity contribution in [2.45, 2.75) is 4.90 Å². The van der Waals surface area contributed by atoms with Crippen LogP contribution in [-0.4, -0.2) is 18.4 Å². The Balaban J connectivity index is 1.93. The molecule has 3 rings (SSSR count). The van der Waals surface area contributed by atoms with Gasteiger partial charge in [0.1, 0.15) is 10.7 Å². The van der Waals surface area contributed by atoms with Crippen LogP contribution in [0.1, 0.15) is 0 Å². The Morgan fingerprint density at radius 2 is 1.91 bits per heavy atom. The molecule has 7 heteroatoms. The quantitative estimate of drug-likeness (QED) is 0.767. The van der Waals surface area contributed by atoms with E-state index in [-0.39, 0.29) is 9.92 Å². The summed E-state index contributed by atoms with van der Waals surface area (Å²) >= 11 is 5.95. The number of rotatable bonds is 4. The highest BCUT2D eigenvalue weighted by atomic mass is 35.5. The van der Waals surface area contributed by atoms with Crippen LogP contribution < -0.4 is 4.72 Å². The number of aromatic nitrogens is 2. The molecule has 5 nitrogen and oxygen atoms in total. The third-order valence-corrected chi connectivity index (χ3v) is 4.89. The third kappa shape index (κ3) is 2.98. The van der Waals surface area contributed by atoms with Crippen molar-refractivity contribution in [2.24, 2.45) is 0 Å². The second-order valence-electron chi connectivity index (χ2n) is 4.55. The summed E-state index contributed by atoms with van der Waals surface area (Å²) in [4.78, 5) is 7.16. The maximum Gasteiger partial charge on any atom is 0.263 e. The molecule has 0 bridgehead atoms. The highest BCUT2D eigenvalue weighted by Gasteiger charge is 2.17. The minimum atomic E-state index is -3.74. The molecule has 0 spiro atoms. The fraction of sp³-hybridized carbons (Fsp3) is 0. The molecular weight excluding hydrogens is 322 g/mol. The van der Waals surface area contributed by atoms with Crippen molar-refractivity contribution >= 4 is 27.3 Å². The number of aromatic amines is 1. The summed E-state index contributed by atoms with van der Waals surface area (Å²) in [5, 5.41) is 0.178. The highest BCUT2D eigenvalue weighted by molar-refractivity contribution is 7.92. The summed E-state index contributed by atoms with van der Waals surface area (Å²) in [5.74, 6) is 0.666. The Labute approximate surface area is 133 Å². The SMILES string of the molecule is O=S(=O)(Nc1cccc(-c2ncc[nH]2)c1)c1ccccc1Cl. The molecule has 0 atom stereocenters. The summed E-state index contributed by atoms with van der Waals surface area (Å²) in [5.41, 5.74) is 1.22. The molecule has 0 saturated heterocycles. The van der Waals surface area contributed by atoms with Crippen LogP contribution in [0.4, 0.5) is 5.69 Å². The first kappa shape index (κ1) is 14.6. The summed E-state index contributed by atoms with van der Waals surface area (Å²) in [7, 11) is -3.74. The van der Waals surface area contributed by atoms with E-state index >= 15 is 0 Å². The lowest BCUT2D eigenvalue weighted by Gasteiger charge is -2.10. The number of nitrogens with zero attached hydrogens (tertiary/aromatic N) is 1. The van der Waals surface area contributed by atoms with E-state index in [1.165, 1.54) is 12.1 Å². The van der Waals surface area contributed by atoms with Gasteiger partial charge in [0.15, 0.2) is 0 Å². The molecule has 0 aliphatic heterocycles. The van der Waals surface area contributed by atoms with Gasteiger partial charge in [-0.1, -0.05) is 35.9 Å². The van der Waals surface area contributed by atoms with Crippen molar-refractivity contribution < 1.29 is 8.42 Å². The van der Waals surface area contributed by atoms with E-state index in [1.54, 1.807) is 42.7 Å². The second-order valence-corrected chi connectivity index (χ2v) is 6.61. The normalized spacial score (nSPS) is 11.3. The van der Waals surface area contributed by atoms with Crippen molar-refractivity contribution in [3.63, 3.8) is 0 Å². The van der Waals surface area contributed by atoms with Gasteiger partial charge in [-0.2, -0.15) is 0 Å². The molecule has 1 aromatic heterocycles. The molecule has 2 N–H and O–H groups in total. The van der Waals surface area contributed by atoms with E-state index in [2.05, 4.69) is 14.7 Å². The van der Waals surface area contributed by atoms with Gasteiger partial charge in [-0.25, -0.2) is 13.4 Å². The van der Waals surface area contributed by atoms with Crippen molar-refractivity contribution in [1.29, 1.82) is 0 Å². The van der Waals surface area contributed by atoms with Crippen LogP contribution in [0.25, 0.3) is 11.4 Å². The standard InChI is InChI=1S/C15H12ClN3O2S/c16-13-6-1-2-7-14(13)22(20,21)19-12-5-3-4-11(10-12)15-17-8-9-18-15/h1-10,19H,(H,17,18). The Bertz CT molecular complexity index is 893. The number of benzene rings is 2. The van der Waals surface area contributed by atoms with Crippen molar-refractivity contribution in [3.05, 3.63) is 65.9 Å². The van der Waals surface area contributed by atoms with Crippen LogP contribution in [0, 0.1) is 0 Å². The molecule has 112 valence electrons. The fourth-order valence-corrected chi connectivity index (χ4v) is 3.60. The number of nitrogens with one attached hydrogen (secondary N) is 2. The van der Waals surface area contributed by atoms with Gasteiger partial charge < -0.3 is 4.98 Å². The van der Waals surface area contributed by atoms with Gasteiger partial charge in [-0.3, -0.25) is 4.72 Å². The first-order chi connectivity index (χ1) is 10.6. The minimum absolute atomic E-state index is 0.0417. The van der Waals surface area contributed by atoms with Crippen LogP contribution >= 0.6 is 11.6 Å². The molecule has 1 heterocycles. The average Bonchev–Trinajstić information content (AvgIpc) is 3.01. The maximum atomic E-state index is 12.4. The zero-order valence-electron chi connectivity index (χ0n) is 11.3. The Morgan fingerprint density at radius 1 is 1.09 bits per heavy atom. The van der Waals surface area contributed by atoms with E-state index in [9.17, 15) is 8.42 Å². The summed E-state index contributed by atoms with van der Waals surface area (Å²) in [6.07, 6.45) is 3.34. The Hall–Kier alpha value is -2.31. The molecule has 0 aliphatic rings. The van der Waals surface area contributed by atoms with Crippen LogP contribution in [0.3, 0.4) is 0 Å². The molecule has 0 amide bonds. The topological polar surface area (TPSA) is 74.8 Å². The van der Waals surface area contributed by atoms with Crippen molar-refractivity contribution in [2.75, 3.05) is 4.72 Å². The highest BCUT2D eigenvalue weighted by Crippen LogP contribution is 2.25. The maximum absolute atomic E-state index is 12.4. The van der Waals surface area contributed by atoms with E-state index in [4.69, 9.17) is 11.6 Å². The van der Waals surface area contributed by atoms with E-state index in [0.717, 1.165) is 5.56 Å². The van der Waals surface area contributed by atoms with Crippen LogP contribution in [-0.2, 0) is 10.0 Å². The number of hydrogen-bond donors (Lipinski definition) is 2. The first-order valence-electron chi connectivity index (χ1n) is 6.43. The third-order valence-electron chi connectivity index (χ3n) is 3.01. The van der Waals surface area contributed by atoms with Gasteiger partial charge in [0.05, 0.1) is 5.02 Å². The van der Waals surface area contributed by atoms with Gasteiger partial charge in [-0.15, -0.1) is 0 Å². The molecule has 0 aliphatic carbocycles. The molecule has 0 unspecified atom stereocenters. The smallest absolute Gasteiger partial charge is 0.263 e. The van der Waals surface area contributed by atoms with Gasteiger partial charge in [0, 0.05) is 23.6 Å². The van der Waals surface area contributed by atoms with Crippen LogP contribution in [0.2, 0.25) is 5.02 Å². The number of hydrogen-bond acceptors (Lipinski definition) is 3. The lowest BCUT2D eigenvalue weighted by Crippen LogP contribution is -2.13. The molecule has 0 fully saturated rings. The fourth-order valence-electron chi connectivity index (χ4n) is 2.03. The molecule has 0 saturated carbocycles. The lowest BCUT2D eigenvalue weighted by molar-refractivity contribution is 0.601. The Morgan fingerprint density at radius 3 is 2.64 bits per heavy atom. The predicted octanol–water partition coefficient (Wildman–Crippen LogP) is 3.53. The van der Waals surface area contributed by atoms with Crippen molar-refractivity contribution in [1.82, 2.24) is 9.97 Å². The zero-order chi connectivity index (χ0) is 15.6. The summed E-state index contributed by atoms with van der Waals surface area (Å²) < 4.78 is 27.3. The first-order valence-corrected chi connectivity index (χ1v) is 8.29. The van der Waals surface area contributed by atoms with Crippen molar-refractivity contribution in [3.8, 4) is 11.4 Å². The number of halogens is 1. The molecule has 0 radical (unpaired) electrons. The molecule has 2 aromatic carbocycles. The molecular formula is C15H12ClN3O2S. The number of imidazole rings is 1. The van der Waals surface area contributed by atoms with Gasteiger partial charge in [-0.05, 0) is 24.3 Å². The summed E-state index contributed by atoms with van der Waals surface area (Å²) in [6.45, 7) is 0. The minimum Gasteiger partial charge on any atom is -0.345 e. The average molecular weight is 334 g/mol. The molecule has 22 heavy (non-hydrogen) atoms. The lowest BCUT2D eigenvalue weighted by atomic mass is 10.2. The van der Waals surface area contributed by atoms with Gasteiger partial charge in [0.2, 0.25) is 0 Å². The number of sulfonamides is 1. The monoisotopic (exact) mass is 333 g/mol. The second kappa shape index (κ2) is 5.82. The van der Waals surface area contributed by atoms with Crippen LogP contribution in [0.15, 0.2) is 65.8 Å². The van der Waals surface area contributed by atoms with E-state index < -0.39 is 10.0 Å². The molecule has 3 aromatic rings. The zero-order valence-corrected chi connectivity index (χ0v) is 12.9.